The predicted octanol–water partition coefficient (Wildman–Crippen LogP) is 5.13. The molecule has 0 amide bonds. The summed E-state index contributed by atoms with van der Waals surface area (Å²) in [6.07, 6.45) is 0.980. The van der Waals surface area contributed by atoms with Gasteiger partial charge in [-0.05, 0) is 36.2 Å². The second-order valence-corrected chi connectivity index (χ2v) is 6.07. The van der Waals surface area contributed by atoms with Crippen molar-refractivity contribution in [1.29, 1.82) is 0 Å². The summed E-state index contributed by atoms with van der Waals surface area (Å²) in [5.74, 6) is 0.775. The fourth-order valence-corrected chi connectivity index (χ4v) is 3.59. The Balaban J connectivity index is 1.90. The lowest BCUT2D eigenvalue weighted by atomic mass is 10.0. The van der Waals surface area contributed by atoms with E-state index in [0.29, 0.717) is 10.7 Å². The van der Waals surface area contributed by atoms with E-state index in [1.807, 2.05) is 23.9 Å². The molecule has 0 saturated carbocycles. The van der Waals surface area contributed by atoms with E-state index >= 15 is 0 Å². The van der Waals surface area contributed by atoms with E-state index < -0.39 is 0 Å². The Morgan fingerprint density at radius 2 is 2.05 bits per heavy atom. The number of anilines is 1. The largest absolute Gasteiger partial charge is 0.376 e. The Bertz CT molecular complexity index is 602. The first kappa shape index (κ1) is 12.8. The molecule has 2 aromatic carbocycles. The first-order valence-electron chi connectivity index (χ1n) is 6.17. The maximum absolute atomic E-state index is 13.8. The fourth-order valence-electron chi connectivity index (χ4n) is 2.29. The normalized spacial score (nSPS) is 17.9. The summed E-state index contributed by atoms with van der Waals surface area (Å²) in [4.78, 5) is 1.27. The van der Waals surface area contributed by atoms with Gasteiger partial charge in [0.05, 0.1) is 11.7 Å². The van der Waals surface area contributed by atoms with Gasteiger partial charge in [-0.25, -0.2) is 4.39 Å². The van der Waals surface area contributed by atoms with Crippen molar-refractivity contribution in [3.8, 4) is 0 Å². The molecule has 1 atom stereocenters. The molecular formula is C15H13ClFNS. The van der Waals surface area contributed by atoms with Crippen molar-refractivity contribution in [3.63, 3.8) is 0 Å². The summed E-state index contributed by atoms with van der Waals surface area (Å²) in [7, 11) is 0. The minimum absolute atomic E-state index is 0.144. The van der Waals surface area contributed by atoms with Gasteiger partial charge in [0.2, 0.25) is 0 Å². The smallest absolute Gasteiger partial charge is 0.146 e. The third kappa shape index (κ3) is 2.72. The highest BCUT2D eigenvalue weighted by atomic mass is 35.5. The van der Waals surface area contributed by atoms with Gasteiger partial charge >= 0.3 is 0 Å². The maximum Gasteiger partial charge on any atom is 0.146 e. The highest BCUT2D eigenvalue weighted by Crippen LogP contribution is 2.38. The van der Waals surface area contributed by atoms with Crippen LogP contribution < -0.4 is 5.32 Å². The summed E-state index contributed by atoms with van der Waals surface area (Å²) in [6.45, 7) is 0. The maximum atomic E-state index is 13.8. The zero-order chi connectivity index (χ0) is 13.2. The third-order valence-electron chi connectivity index (χ3n) is 3.22. The number of rotatable bonds is 2. The summed E-state index contributed by atoms with van der Waals surface area (Å²) >= 11 is 7.77. The van der Waals surface area contributed by atoms with Crippen molar-refractivity contribution in [2.45, 2.75) is 17.4 Å². The standard InChI is InChI=1S/C15H13ClFNS/c16-10-5-6-12(17)14(9-10)18-13-7-8-19-15-4-2-1-3-11(13)15/h1-6,9,13,18H,7-8H2. The molecule has 0 aliphatic carbocycles. The topological polar surface area (TPSA) is 12.0 Å². The van der Waals surface area contributed by atoms with E-state index in [1.54, 1.807) is 12.1 Å². The fraction of sp³-hybridized carbons (Fsp3) is 0.200. The molecule has 0 spiro atoms. The minimum atomic E-state index is -0.264. The van der Waals surface area contributed by atoms with E-state index in [1.165, 1.54) is 16.5 Å². The third-order valence-corrected chi connectivity index (χ3v) is 4.57. The highest BCUT2D eigenvalue weighted by molar-refractivity contribution is 7.99. The van der Waals surface area contributed by atoms with Crippen molar-refractivity contribution in [2.24, 2.45) is 0 Å². The molecule has 0 radical (unpaired) electrons. The Labute approximate surface area is 121 Å². The van der Waals surface area contributed by atoms with Crippen LogP contribution in [0.4, 0.5) is 10.1 Å². The number of thioether (sulfide) groups is 1. The monoisotopic (exact) mass is 293 g/mol. The average molecular weight is 294 g/mol. The van der Waals surface area contributed by atoms with E-state index in [9.17, 15) is 4.39 Å². The zero-order valence-corrected chi connectivity index (χ0v) is 11.8. The lowest BCUT2D eigenvalue weighted by molar-refractivity contribution is 0.622. The SMILES string of the molecule is Fc1ccc(Cl)cc1NC1CCSc2ccccc21. The van der Waals surface area contributed by atoms with E-state index in [-0.39, 0.29) is 11.9 Å². The average Bonchev–Trinajstić information content (AvgIpc) is 2.43. The first-order valence-corrected chi connectivity index (χ1v) is 7.54. The minimum Gasteiger partial charge on any atom is -0.376 e. The van der Waals surface area contributed by atoms with Gasteiger partial charge < -0.3 is 5.32 Å². The van der Waals surface area contributed by atoms with Gasteiger partial charge in [-0.2, -0.15) is 0 Å². The van der Waals surface area contributed by atoms with Crippen LogP contribution in [0.5, 0.6) is 0 Å². The molecule has 1 aliphatic rings. The van der Waals surface area contributed by atoms with Gasteiger partial charge in [0.15, 0.2) is 0 Å². The van der Waals surface area contributed by atoms with Crippen LogP contribution in [-0.4, -0.2) is 5.75 Å². The second kappa shape index (κ2) is 5.43. The molecule has 1 N–H and O–H groups in total. The number of hydrogen-bond acceptors (Lipinski definition) is 2. The quantitative estimate of drug-likeness (QED) is 0.824. The van der Waals surface area contributed by atoms with E-state index in [0.717, 1.165) is 12.2 Å². The van der Waals surface area contributed by atoms with E-state index in [4.69, 9.17) is 11.6 Å². The Hall–Kier alpha value is -1.19. The van der Waals surface area contributed by atoms with Gasteiger partial charge in [0, 0.05) is 15.7 Å². The molecular weight excluding hydrogens is 281 g/mol. The number of fused-ring (bicyclic) bond motifs is 1. The van der Waals surface area contributed by atoms with Crippen LogP contribution in [-0.2, 0) is 0 Å². The molecule has 0 aromatic heterocycles. The van der Waals surface area contributed by atoms with Crippen LogP contribution in [0, 0.1) is 5.82 Å². The summed E-state index contributed by atoms with van der Waals surface area (Å²) < 4.78 is 13.8. The van der Waals surface area contributed by atoms with Crippen LogP contribution in [0.3, 0.4) is 0 Å². The Morgan fingerprint density at radius 3 is 2.95 bits per heavy atom. The molecule has 0 fully saturated rings. The van der Waals surface area contributed by atoms with Crippen molar-refractivity contribution in [1.82, 2.24) is 0 Å². The molecule has 1 unspecified atom stereocenters. The molecule has 1 nitrogen and oxygen atoms in total. The lowest BCUT2D eigenvalue weighted by Gasteiger charge is -2.27. The molecule has 4 heteroatoms. The molecule has 3 rings (SSSR count). The molecule has 1 aliphatic heterocycles. The van der Waals surface area contributed by atoms with E-state index in [2.05, 4.69) is 17.4 Å². The summed E-state index contributed by atoms with van der Waals surface area (Å²) in [5, 5.41) is 3.82. The highest BCUT2D eigenvalue weighted by Gasteiger charge is 2.20. The van der Waals surface area contributed by atoms with Gasteiger partial charge in [0.1, 0.15) is 5.82 Å². The molecule has 1 heterocycles. The number of halogens is 2. The van der Waals surface area contributed by atoms with Crippen LogP contribution in [0.1, 0.15) is 18.0 Å². The number of nitrogens with one attached hydrogen (secondary N) is 1. The van der Waals surface area contributed by atoms with Crippen molar-refractivity contribution in [2.75, 3.05) is 11.1 Å². The molecule has 98 valence electrons. The van der Waals surface area contributed by atoms with Crippen LogP contribution >= 0.6 is 23.4 Å². The van der Waals surface area contributed by atoms with Crippen molar-refractivity contribution < 1.29 is 4.39 Å². The lowest BCUT2D eigenvalue weighted by Crippen LogP contribution is -2.16. The predicted molar refractivity (Wildman–Crippen MR) is 79.6 cm³/mol. The molecule has 2 aromatic rings. The summed E-state index contributed by atoms with van der Waals surface area (Å²) in [6, 6.07) is 13.0. The van der Waals surface area contributed by atoms with Gasteiger partial charge in [0.25, 0.3) is 0 Å². The van der Waals surface area contributed by atoms with Crippen LogP contribution in [0.15, 0.2) is 47.4 Å². The first-order chi connectivity index (χ1) is 9.24. The van der Waals surface area contributed by atoms with Crippen LogP contribution in [0.2, 0.25) is 5.02 Å². The summed E-state index contributed by atoms with van der Waals surface area (Å²) in [5.41, 5.74) is 1.71. The van der Waals surface area contributed by atoms with Gasteiger partial charge in [-0.1, -0.05) is 29.8 Å². The van der Waals surface area contributed by atoms with Gasteiger partial charge in [-0.3, -0.25) is 0 Å². The number of hydrogen-bond donors (Lipinski definition) is 1. The molecule has 0 bridgehead atoms. The molecule has 0 saturated heterocycles. The number of benzene rings is 2. The van der Waals surface area contributed by atoms with Gasteiger partial charge in [-0.15, -0.1) is 11.8 Å². The van der Waals surface area contributed by atoms with Crippen molar-refractivity contribution >= 4 is 29.1 Å². The van der Waals surface area contributed by atoms with Crippen molar-refractivity contribution in [3.05, 3.63) is 58.9 Å². The van der Waals surface area contributed by atoms with Crippen LogP contribution in [0.25, 0.3) is 0 Å². The Morgan fingerprint density at radius 1 is 1.21 bits per heavy atom. The Kier molecular flexibility index (Phi) is 3.67. The zero-order valence-electron chi connectivity index (χ0n) is 10.2. The second-order valence-electron chi connectivity index (χ2n) is 4.50. The molecule has 19 heavy (non-hydrogen) atoms.